The van der Waals surface area contributed by atoms with E-state index in [1.807, 2.05) is 0 Å². The number of rotatable bonds is 5. The second-order valence-electron chi connectivity index (χ2n) is 6.24. The van der Waals surface area contributed by atoms with Crippen molar-refractivity contribution in [3.8, 4) is 0 Å². The van der Waals surface area contributed by atoms with Crippen molar-refractivity contribution in [1.29, 1.82) is 0 Å². The molecular weight excluding hydrogens is 192 g/mol. The van der Waals surface area contributed by atoms with Crippen molar-refractivity contribution in [2.75, 3.05) is 0 Å². The quantitative estimate of drug-likeness (QED) is 0.509. The third-order valence-corrected chi connectivity index (χ3v) is 2.20. The van der Waals surface area contributed by atoms with Crippen LogP contribution in [-0.2, 0) is 0 Å². The van der Waals surface area contributed by atoms with Crippen LogP contribution in [0.15, 0.2) is 12.2 Å². The van der Waals surface area contributed by atoms with Gasteiger partial charge in [0, 0.05) is 0 Å². The maximum atomic E-state index is 2.28. The van der Waals surface area contributed by atoms with Crippen molar-refractivity contribution in [2.24, 2.45) is 23.7 Å². The summed E-state index contributed by atoms with van der Waals surface area (Å²) >= 11 is 0. The normalized spacial score (nSPS) is 11.8. The van der Waals surface area contributed by atoms with Gasteiger partial charge in [0.25, 0.3) is 0 Å². The van der Waals surface area contributed by atoms with Crippen LogP contribution < -0.4 is 0 Å². The molecule has 0 heterocycles. The van der Waals surface area contributed by atoms with Crippen LogP contribution >= 0.6 is 0 Å². The zero-order chi connectivity index (χ0) is 13.1. The first kappa shape index (κ1) is 18.1. The molecule has 0 aliphatic carbocycles. The van der Waals surface area contributed by atoms with E-state index in [-0.39, 0.29) is 0 Å². The van der Waals surface area contributed by atoms with Crippen molar-refractivity contribution in [2.45, 2.75) is 68.2 Å². The Morgan fingerprint density at radius 3 is 0.938 bits per heavy atom. The molecule has 0 atom stereocenters. The molecule has 0 bridgehead atoms. The fraction of sp³-hybridized carbons (Fsp3) is 0.875. The van der Waals surface area contributed by atoms with Gasteiger partial charge in [-0.15, -0.1) is 0 Å². The van der Waals surface area contributed by atoms with Gasteiger partial charge in [0.15, 0.2) is 0 Å². The second-order valence-corrected chi connectivity index (χ2v) is 6.24. The van der Waals surface area contributed by atoms with Crippen LogP contribution in [-0.4, -0.2) is 0 Å². The lowest BCUT2D eigenvalue weighted by Crippen LogP contribution is -1.91. The average molecular weight is 226 g/mol. The number of allylic oxidation sites excluding steroid dienone is 2. The summed E-state index contributed by atoms with van der Waals surface area (Å²) in [4.78, 5) is 0. The third kappa shape index (κ3) is 23.5. The molecule has 0 aliphatic heterocycles. The Kier molecular flexibility index (Phi) is 12.7. The molecule has 0 spiro atoms. The molecule has 0 amide bonds. The molecule has 0 heteroatoms. The molecule has 0 aromatic rings. The summed E-state index contributed by atoms with van der Waals surface area (Å²) in [5.41, 5.74) is 0. The van der Waals surface area contributed by atoms with E-state index in [0.29, 0.717) is 11.8 Å². The first-order valence-corrected chi connectivity index (χ1v) is 6.94. The van der Waals surface area contributed by atoms with Crippen molar-refractivity contribution in [1.82, 2.24) is 0 Å². The minimum atomic E-state index is 0.706. The molecule has 0 radical (unpaired) electrons. The van der Waals surface area contributed by atoms with E-state index in [2.05, 4.69) is 67.5 Å². The molecule has 0 rings (SSSR count). The van der Waals surface area contributed by atoms with E-state index in [4.69, 9.17) is 0 Å². The van der Waals surface area contributed by atoms with Gasteiger partial charge >= 0.3 is 0 Å². The van der Waals surface area contributed by atoms with E-state index >= 15 is 0 Å². The zero-order valence-electron chi connectivity index (χ0n) is 12.9. The molecule has 0 aromatic heterocycles. The molecule has 98 valence electrons. The summed E-state index contributed by atoms with van der Waals surface area (Å²) in [6.07, 6.45) is 7.25. The highest BCUT2D eigenvalue weighted by atomic mass is 14.0. The topological polar surface area (TPSA) is 0 Å². The van der Waals surface area contributed by atoms with Crippen LogP contribution in [0, 0.1) is 23.7 Å². The summed E-state index contributed by atoms with van der Waals surface area (Å²) in [6.45, 7) is 17.9. The van der Waals surface area contributed by atoms with Crippen LogP contribution in [0.1, 0.15) is 68.2 Å². The maximum absolute atomic E-state index is 2.28. The maximum Gasteiger partial charge on any atom is -0.0290 e. The highest BCUT2D eigenvalue weighted by Crippen LogP contribution is 2.09. The zero-order valence-corrected chi connectivity index (χ0v) is 12.9. The average Bonchev–Trinajstić information content (AvgIpc) is 2.12. The van der Waals surface area contributed by atoms with Gasteiger partial charge in [0.05, 0.1) is 0 Å². The van der Waals surface area contributed by atoms with E-state index in [0.717, 1.165) is 11.8 Å². The van der Waals surface area contributed by atoms with Gasteiger partial charge in [-0.25, -0.2) is 0 Å². The first-order chi connectivity index (χ1) is 7.25. The number of hydrogen-bond acceptors (Lipinski definition) is 0. The van der Waals surface area contributed by atoms with Crippen molar-refractivity contribution >= 4 is 0 Å². The lowest BCUT2D eigenvalue weighted by molar-refractivity contribution is 0.476. The second kappa shape index (κ2) is 11.2. The SMILES string of the molecule is CC(C)/C=C/C(C)C.CC(C)CCC(C)C. The molecule has 0 saturated heterocycles. The Balaban J connectivity index is 0. The molecule has 0 saturated carbocycles. The lowest BCUT2D eigenvalue weighted by Gasteiger charge is -2.05. The summed E-state index contributed by atoms with van der Waals surface area (Å²) in [5, 5.41) is 0. The van der Waals surface area contributed by atoms with Gasteiger partial charge < -0.3 is 0 Å². The fourth-order valence-corrected chi connectivity index (χ4v) is 1.11. The molecule has 0 aromatic carbocycles. The van der Waals surface area contributed by atoms with E-state index in [1.165, 1.54) is 12.8 Å². The minimum absolute atomic E-state index is 0.706. The highest BCUT2D eigenvalue weighted by molar-refractivity contribution is 4.86. The Bertz CT molecular complexity index is 131. The summed E-state index contributed by atoms with van der Waals surface area (Å²) in [6, 6.07) is 0. The standard InChI is InChI=1S/C8H18.C8H16/c2*1-7(2)5-6-8(3)4/h7-8H,5-6H2,1-4H3;5-8H,1-4H3/b;6-5+. The van der Waals surface area contributed by atoms with Crippen LogP contribution in [0.25, 0.3) is 0 Å². The molecule has 0 unspecified atom stereocenters. The first-order valence-electron chi connectivity index (χ1n) is 6.94. The molecule has 16 heavy (non-hydrogen) atoms. The highest BCUT2D eigenvalue weighted by Gasteiger charge is 1.95. The van der Waals surface area contributed by atoms with Crippen LogP contribution in [0.4, 0.5) is 0 Å². The third-order valence-electron chi connectivity index (χ3n) is 2.20. The molecule has 0 N–H and O–H groups in total. The molecule has 0 nitrogen and oxygen atoms in total. The summed E-state index contributed by atoms with van der Waals surface area (Å²) < 4.78 is 0. The minimum Gasteiger partial charge on any atom is -0.0857 e. The number of hydrogen-bond donors (Lipinski definition) is 0. The van der Waals surface area contributed by atoms with Gasteiger partial charge in [-0.2, -0.15) is 0 Å². The summed E-state index contributed by atoms with van der Waals surface area (Å²) in [5.74, 6) is 3.18. The van der Waals surface area contributed by atoms with Crippen molar-refractivity contribution < 1.29 is 0 Å². The Morgan fingerprint density at radius 1 is 0.562 bits per heavy atom. The van der Waals surface area contributed by atoms with E-state index in [1.54, 1.807) is 0 Å². The lowest BCUT2D eigenvalue weighted by atomic mass is 10.0. The Hall–Kier alpha value is -0.260. The monoisotopic (exact) mass is 226 g/mol. The van der Waals surface area contributed by atoms with Crippen molar-refractivity contribution in [3.63, 3.8) is 0 Å². The fourth-order valence-electron chi connectivity index (χ4n) is 1.11. The van der Waals surface area contributed by atoms with E-state index in [9.17, 15) is 0 Å². The van der Waals surface area contributed by atoms with Crippen LogP contribution in [0.5, 0.6) is 0 Å². The van der Waals surface area contributed by atoms with Gasteiger partial charge in [-0.3, -0.25) is 0 Å². The van der Waals surface area contributed by atoms with E-state index < -0.39 is 0 Å². The molecule has 0 aliphatic rings. The van der Waals surface area contributed by atoms with Crippen LogP contribution in [0.2, 0.25) is 0 Å². The van der Waals surface area contributed by atoms with Gasteiger partial charge in [0.1, 0.15) is 0 Å². The predicted octanol–water partition coefficient (Wildman–Crippen LogP) is 5.93. The van der Waals surface area contributed by atoms with Crippen LogP contribution in [0.3, 0.4) is 0 Å². The smallest absolute Gasteiger partial charge is 0.0290 e. The van der Waals surface area contributed by atoms with Gasteiger partial charge in [-0.05, 0) is 23.7 Å². The Labute approximate surface area is 105 Å². The van der Waals surface area contributed by atoms with Gasteiger partial charge in [0.2, 0.25) is 0 Å². The summed E-state index contributed by atoms with van der Waals surface area (Å²) in [7, 11) is 0. The van der Waals surface area contributed by atoms with Gasteiger partial charge in [-0.1, -0.05) is 80.4 Å². The largest absolute Gasteiger partial charge is 0.0857 e. The molecular formula is C16H34. The Morgan fingerprint density at radius 2 is 0.812 bits per heavy atom. The van der Waals surface area contributed by atoms with Crippen molar-refractivity contribution in [3.05, 3.63) is 12.2 Å². The molecule has 0 fully saturated rings. The predicted molar refractivity (Wildman–Crippen MR) is 77.7 cm³/mol.